The minimum absolute atomic E-state index is 0.0131. The molecule has 0 radical (unpaired) electrons. The molecular formula is C35H54O8. The van der Waals surface area contributed by atoms with Crippen molar-refractivity contribution in [3.63, 3.8) is 0 Å². The molecule has 6 aliphatic rings. The van der Waals surface area contributed by atoms with Crippen LogP contribution < -0.4 is 0 Å². The average Bonchev–Trinajstić information content (AvgIpc) is 3.39. The third-order valence-electron chi connectivity index (χ3n) is 12.6. The highest BCUT2D eigenvalue weighted by Crippen LogP contribution is 2.70. The van der Waals surface area contributed by atoms with Gasteiger partial charge in [-0.15, -0.1) is 0 Å². The second kappa shape index (κ2) is 9.60. The van der Waals surface area contributed by atoms with E-state index in [1.807, 2.05) is 47.6 Å². The van der Waals surface area contributed by atoms with Crippen molar-refractivity contribution in [3.8, 4) is 0 Å². The molecule has 0 aromatic rings. The molecule has 2 saturated heterocycles. The van der Waals surface area contributed by atoms with E-state index in [9.17, 15) is 14.7 Å². The predicted octanol–water partition coefficient (Wildman–Crippen LogP) is 6.02. The maximum Gasteiger partial charge on any atom is 0.303 e. The highest BCUT2D eigenvalue weighted by atomic mass is 16.8. The lowest BCUT2D eigenvalue weighted by Crippen LogP contribution is -2.62. The van der Waals surface area contributed by atoms with Crippen molar-refractivity contribution in [1.29, 1.82) is 0 Å². The molecule has 5 fully saturated rings. The third kappa shape index (κ3) is 4.79. The minimum Gasteiger partial charge on any atom is -0.460 e. The zero-order valence-electron chi connectivity index (χ0n) is 28.0. The van der Waals surface area contributed by atoms with Crippen LogP contribution in [0.1, 0.15) is 121 Å². The van der Waals surface area contributed by atoms with Gasteiger partial charge in [0.15, 0.2) is 17.4 Å². The fourth-order valence-corrected chi connectivity index (χ4v) is 10.9. The van der Waals surface area contributed by atoms with Crippen LogP contribution in [0.15, 0.2) is 11.6 Å². The Labute approximate surface area is 257 Å². The van der Waals surface area contributed by atoms with E-state index in [1.54, 1.807) is 0 Å². The van der Waals surface area contributed by atoms with E-state index in [-0.39, 0.29) is 53.2 Å². The molecule has 0 aromatic carbocycles. The average molecular weight is 603 g/mol. The van der Waals surface area contributed by atoms with E-state index < -0.39 is 33.8 Å². The van der Waals surface area contributed by atoms with Gasteiger partial charge in [-0.05, 0) is 129 Å². The van der Waals surface area contributed by atoms with Crippen LogP contribution in [-0.4, -0.2) is 63.5 Å². The summed E-state index contributed by atoms with van der Waals surface area (Å²) in [6.07, 6.45) is 7.34. The molecule has 8 nitrogen and oxygen atoms in total. The van der Waals surface area contributed by atoms with Crippen molar-refractivity contribution in [2.24, 2.45) is 28.6 Å². The maximum absolute atomic E-state index is 13.9. The van der Waals surface area contributed by atoms with E-state index in [1.165, 1.54) is 6.92 Å². The number of esters is 1. The van der Waals surface area contributed by atoms with Crippen LogP contribution in [-0.2, 0) is 33.3 Å². The summed E-state index contributed by atoms with van der Waals surface area (Å²) in [4.78, 5) is 25.6. The van der Waals surface area contributed by atoms with E-state index in [4.69, 9.17) is 23.7 Å². The fraction of sp³-hybridized carbons (Fsp3) is 0.886. The number of aliphatic hydroxyl groups is 1. The highest BCUT2D eigenvalue weighted by Gasteiger charge is 2.71. The molecule has 2 heterocycles. The van der Waals surface area contributed by atoms with Gasteiger partial charge in [0.25, 0.3) is 0 Å². The number of ether oxygens (including phenoxy) is 5. The molecule has 4 aliphatic carbocycles. The predicted molar refractivity (Wildman–Crippen MR) is 160 cm³/mol. The number of ketones is 1. The van der Waals surface area contributed by atoms with Gasteiger partial charge in [-0.25, -0.2) is 0 Å². The Balaban J connectivity index is 1.30. The maximum atomic E-state index is 13.9. The zero-order valence-corrected chi connectivity index (χ0v) is 28.0. The molecule has 10 atom stereocenters. The Morgan fingerprint density at radius 3 is 2.33 bits per heavy atom. The molecule has 0 amide bonds. The van der Waals surface area contributed by atoms with Gasteiger partial charge in [0.05, 0.1) is 29.5 Å². The molecule has 242 valence electrons. The van der Waals surface area contributed by atoms with Crippen molar-refractivity contribution in [2.75, 3.05) is 0 Å². The molecule has 3 saturated carbocycles. The monoisotopic (exact) mass is 602 g/mol. The summed E-state index contributed by atoms with van der Waals surface area (Å²) in [5.74, 6) is -1.59. The van der Waals surface area contributed by atoms with Gasteiger partial charge in [-0.2, -0.15) is 0 Å². The minimum atomic E-state index is -1.10. The van der Waals surface area contributed by atoms with E-state index in [2.05, 4.69) is 20.8 Å². The van der Waals surface area contributed by atoms with Crippen LogP contribution in [0.5, 0.6) is 0 Å². The van der Waals surface area contributed by atoms with Gasteiger partial charge in [-0.1, -0.05) is 13.8 Å². The van der Waals surface area contributed by atoms with Crippen LogP contribution in [0.4, 0.5) is 0 Å². The molecule has 6 rings (SSSR count). The summed E-state index contributed by atoms with van der Waals surface area (Å²) in [5.41, 5.74) is -2.24. The number of hydrogen-bond donors (Lipinski definition) is 1. The number of allylic oxidation sites excluding steroid dienone is 1. The molecule has 0 aromatic heterocycles. The largest absolute Gasteiger partial charge is 0.460 e. The van der Waals surface area contributed by atoms with Crippen LogP contribution in [0.2, 0.25) is 0 Å². The van der Waals surface area contributed by atoms with E-state index in [0.29, 0.717) is 25.7 Å². The number of carbonyl (C=O) groups excluding carboxylic acids is 2. The van der Waals surface area contributed by atoms with Gasteiger partial charge in [0, 0.05) is 18.3 Å². The number of carbonyl (C=O) groups is 2. The van der Waals surface area contributed by atoms with Crippen LogP contribution >= 0.6 is 0 Å². The number of hydrogen-bond acceptors (Lipinski definition) is 8. The van der Waals surface area contributed by atoms with Crippen molar-refractivity contribution in [3.05, 3.63) is 11.6 Å². The molecule has 2 aliphatic heterocycles. The Morgan fingerprint density at radius 1 is 0.977 bits per heavy atom. The summed E-state index contributed by atoms with van der Waals surface area (Å²) < 4.78 is 31.5. The van der Waals surface area contributed by atoms with Gasteiger partial charge in [0.1, 0.15) is 5.60 Å². The zero-order chi connectivity index (χ0) is 31.6. The van der Waals surface area contributed by atoms with Crippen LogP contribution in [0.25, 0.3) is 0 Å². The molecule has 1 N–H and O–H groups in total. The SMILES string of the molecule is CC(=O)OC(C)(C)CC[C@@H]1OC(C)(C)O[C@]1(C)[C@@H]1CC[C@@]2(O)C3=CC(=O)[C@@H]4C[C@H]5OC(C)(C)O[C@H]5C[C@]4(C)[C@H]3CC[C@]12C. The van der Waals surface area contributed by atoms with Crippen molar-refractivity contribution >= 4 is 11.8 Å². The molecule has 8 heteroatoms. The molecule has 0 spiro atoms. The van der Waals surface area contributed by atoms with Gasteiger partial charge >= 0.3 is 5.97 Å². The van der Waals surface area contributed by atoms with Crippen molar-refractivity contribution in [1.82, 2.24) is 0 Å². The van der Waals surface area contributed by atoms with Gasteiger partial charge < -0.3 is 28.8 Å². The lowest BCUT2D eigenvalue weighted by atomic mass is 9.45. The summed E-state index contributed by atoms with van der Waals surface area (Å²) in [6.45, 7) is 19.8. The summed E-state index contributed by atoms with van der Waals surface area (Å²) >= 11 is 0. The van der Waals surface area contributed by atoms with Crippen molar-refractivity contribution in [2.45, 2.75) is 167 Å². The van der Waals surface area contributed by atoms with E-state index in [0.717, 1.165) is 31.3 Å². The molecular weight excluding hydrogens is 548 g/mol. The first-order valence-corrected chi connectivity index (χ1v) is 16.6. The summed E-state index contributed by atoms with van der Waals surface area (Å²) in [7, 11) is 0. The standard InChI is InChI=1S/C35H54O8/c1-20(36)39-29(2,3)14-13-28-34(10,43-31(6,7)42-28)27-12-16-35(38)22-17-24(37)23-18-25-26(41-30(4,5)40-25)19-32(23,8)21(22)11-15-33(27,35)9/h17,21,23,25-28,38H,11-16,18-19H2,1-10H3/t21-,23-,25+,26-,27+,28-,32+,33+,34+,35+/m0/s1. The Morgan fingerprint density at radius 2 is 1.65 bits per heavy atom. The lowest BCUT2D eigenvalue weighted by Gasteiger charge is -2.60. The smallest absolute Gasteiger partial charge is 0.303 e. The van der Waals surface area contributed by atoms with Crippen LogP contribution in [0, 0.1) is 28.6 Å². The second-order valence-electron chi connectivity index (χ2n) is 16.9. The third-order valence-corrected chi connectivity index (χ3v) is 12.6. The highest BCUT2D eigenvalue weighted by molar-refractivity contribution is 5.95. The first kappa shape index (κ1) is 31.7. The first-order valence-electron chi connectivity index (χ1n) is 16.6. The second-order valence-corrected chi connectivity index (χ2v) is 16.9. The molecule has 0 bridgehead atoms. The Kier molecular flexibility index (Phi) is 7.07. The topological polar surface area (TPSA) is 101 Å². The quantitative estimate of drug-likeness (QED) is 0.381. The Bertz CT molecular complexity index is 1220. The number of rotatable bonds is 5. The van der Waals surface area contributed by atoms with Crippen molar-refractivity contribution < 1.29 is 38.4 Å². The summed E-state index contributed by atoms with van der Waals surface area (Å²) in [5, 5.41) is 12.8. The van der Waals surface area contributed by atoms with Gasteiger partial charge in [0.2, 0.25) is 0 Å². The number of fused-ring (bicyclic) bond motifs is 6. The molecule has 43 heavy (non-hydrogen) atoms. The van der Waals surface area contributed by atoms with E-state index >= 15 is 0 Å². The first-order chi connectivity index (χ1) is 19.6. The molecule has 0 unspecified atom stereocenters. The lowest BCUT2D eigenvalue weighted by molar-refractivity contribution is -0.190. The summed E-state index contributed by atoms with van der Waals surface area (Å²) in [6, 6.07) is 0. The van der Waals surface area contributed by atoms with Gasteiger partial charge in [-0.3, -0.25) is 9.59 Å². The fourth-order valence-electron chi connectivity index (χ4n) is 10.9. The van der Waals surface area contributed by atoms with Crippen LogP contribution in [0.3, 0.4) is 0 Å². The Hall–Kier alpha value is -1.32. The normalized spacial score (nSPS) is 48.2.